The SMILES string of the molecule is CN(C)c1cc[n+](Cc2ccc([N+](=O)[O-])cc2)cc1.[Cl-]. The topological polar surface area (TPSA) is 50.3 Å². The number of pyridine rings is 1. The number of halogens is 1. The number of anilines is 1. The normalized spacial score (nSPS) is 9.70. The van der Waals surface area contributed by atoms with Gasteiger partial charge in [0, 0.05) is 49.6 Å². The number of hydrogen-bond donors (Lipinski definition) is 0. The average molecular weight is 294 g/mol. The van der Waals surface area contributed by atoms with E-state index in [1.54, 1.807) is 12.1 Å². The highest BCUT2D eigenvalue weighted by Gasteiger charge is 2.07. The molecule has 2 rings (SSSR count). The second kappa shape index (κ2) is 6.86. The first-order chi connectivity index (χ1) is 9.06. The lowest BCUT2D eigenvalue weighted by molar-refractivity contribution is -0.688. The van der Waals surface area contributed by atoms with Crippen LogP contribution in [-0.4, -0.2) is 19.0 Å². The molecular formula is C14H16ClN3O2. The number of aromatic nitrogens is 1. The van der Waals surface area contributed by atoms with Gasteiger partial charge >= 0.3 is 0 Å². The highest BCUT2D eigenvalue weighted by molar-refractivity contribution is 5.41. The van der Waals surface area contributed by atoms with Crippen molar-refractivity contribution in [2.24, 2.45) is 0 Å². The van der Waals surface area contributed by atoms with Gasteiger partial charge in [-0.3, -0.25) is 10.1 Å². The Morgan fingerprint density at radius 2 is 1.65 bits per heavy atom. The number of nitro benzene ring substituents is 1. The van der Waals surface area contributed by atoms with Crippen molar-refractivity contribution in [2.45, 2.75) is 6.54 Å². The molecule has 0 unspecified atom stereocenters. The van der Waals surface area contributed by atoms with Crippen LogP contribution in [-0.2, 0) is 6.54 Å². The maximum absolute atomic E-state index is 10.6. The smallest absolute Gasteiger partial charge is 0.269 e. The maximum Gasteiger partial charge on any atom is 0.269 e. The summed E-state index contributed by atoms with van der Waals surface area (Å²) in [6, 6.07) is 10.7. The summed E-state index contributed by atoms with van der Waals surface area (Å²) in [4.78, 5) is 12.2. The van der Waals surface area contributed by atoms with E-state index in [9.17, 15) is 10.1 Å². The van der Waals surface area contributed by atoms with E-state index in [4.69, 9.17) is 0 Å². The number of benzene rings is 1. The van der Waals surface area contributed by atoms with E-state index >= 15 is 0 Å². The van der Waals surface area contributed by atoms with Crippen LogP contribution in [0.2, 0.25) is 0 Å². The molecule has 0 radical (unpaired) electrons. The summed E-state index contributed by atoms with van der Waals surface area (Å²) in [5, 5.41) is 10.6. The molecule has 2 aromatic rings. The lowest BCUT2D eigenvalue weighted by Crippen LogP contribution is -3.00. The monoisotopic (exact) mass is 293 g/mol. The largest absolute Gasteiger partial charge is 1.00 e. The van der Waals surface area contributed by atoms with Gasteiger partial charge in [0.15, 0.2) is 18.9 Å². The quantitative estimate of drug-likeness (QED) is 0.413. The first-order valence-corrected chi connectivity index (χ1v) is 5.96. The van der Waals surface area contributed by atoms with Crippen LogP contribution < -0.4 is 21.9 Å². The molecule has 20 heavy (non-hydrogen) atoms. The van der Waals surface area contributed by atoms with Crippen molar-refractivity contribution in [3.63, 3.8) is 0 Å². The Kier molecular flexibility index (Phi) is 5.46. The van der Waals surface area contributed by atoms with Crippen molar-refractivity contribution in [3.05, 3.63) is 64.5 Å². The van der Waals surface area contributed by atoms with E-state index < -0.39 is 0 Å². The Morgan fingerprint density at radius 1 is 1.10 bits per heavy atom. The van der Waals surface area contributed by atoms with Crippen molar-refractivity contribution in [1.82, 2.24) is 0 Å². The van der Waals surface area contributed by atoms with Gasteiger partial charge in [-0.15, -0.1) is 0 Å². The van der Waals surface area contributed by atoms with E-state index in [0.717, 1.165) is 11.3 Å². The van der Waals surface area contributed by atoms with Crippen LogP contribution in [0.1, 0.15) is 5.56 Å². The summed E-state index contributed by atoms with van der Waals surface area (Å²) in [6.07, 6.45) is 3.99. The highest BCUT2D eigenvalue weighted by atomic mass is 35.5. The third-order valence-corrected chi connectivity index (χ3v) is 2.90. The molecule has 5 nitrogen and oxygen atoms in total. The zero-order chi connectivity index (χ0) is 13.8. The van der Waals surface area contributed by atoms with E-state index in [1.165, 1.54) is 12.1 Å². The Balaban J connectivity index is 0.00000200. The number of nitrogens with zero attached hydrogens (tertiary/aromatic N) is 3. The molecule has 0 atom stereocenters. The van der Waals surface area contributed by atoms with E-state index in [-0.39, 0.29) is 23.0 Å². The number of rotatable bonds is 4. The zero-order valence-corrected chi connectivity index (χ0v) is 12.1. The molecule has 0 saturated heterocycles. The number of non-ortho nitro benzene ring substituents is 1. The van der Waals surface area contributed by atoms with Crippen LogP contribution in [0, 0.1) is 10.1 Å². The summed E-state index contributed by atoms with van der Waals surface area (Å²) >= 11 is 0. The minimum absolute atomic E-state index is 0. The van der Waals surface area contributed by atoms with Crippen molar-refractivity contribution in [1.29, 1.82) is 0 Å². The molecule has 0 fully saturated rings. The van der Waals surface area contributed by atoms with Crippen molar-refractivity contribution in [2.75, 3.05) is 19.0 Å². The van der Waals surface area contributed by atoms with E-state index in [2.05, 4.69) is 0 Å². The second-order valence-electron chi connectivity index (χ2n) is 4.55. The van der Waals surface area contributed by atoms with Gasteiger partial charge in [0.25, 0.3) is 5.69 Å². The molecule has 1 aromatic heterocycles. The third kappa shape index (κ3) is 3.93. The number of hydrogen-bond acceptors (Lipinski definition) is 3. The van der Waals surface area contributed by atoms with Gasteiger partial charge in [-0.05, 0) is 12.1 Å². The summed E-state index contributed by atoms with van der Waals surface area (Å²) in [5.41, 5.74) is 2.30. The molecule has 0 spiro atoms. The van der Waals surface area contributed by atoms with Crippen LogP contribution in [0.25, 0.3) is 0 Å². The summed E-state index contributed by atoms with van der Waals surface area (Å²) in [7, 11) is 3.99. The molecule has 0 aliphatic heterocycles. The summed E-state index contributed by atoms with van der Waals surface area (Å²) in [6.45, 7) is 0.700. The number of nitro groups is 1. The molecule has 106 valence electrons. The molecule has 0 saturated carbocycles. The molecule has 6 heteroatoms. The minimum atomic E-state index is -0.386. The maximum atomic E-state index is 10.6. The first kappa shape index (κ1) is 15.9. The third-order valence-electron chi connectivity index (χ3n) is 2.90. The van der Waals surface area contributed by atoms with Crippen LogP contribution in [0.5, 0.6) is 0 Å². The highest BCUT2D eigenvalue weighted by Crippen LogP contribution is 2.12. The fourth-order valence-electron chi connectivity index (χ4n) is 1.79. The van der Waals surface area contributed by atoms with Crippen molar-refractivity contribution in [3.8, 4) is 0 Å². The first-order valence-electron chi connectivity index (χ1n) is 5.96. The van der Waals surface area contributed by atoms with Gasteiger partial charge in [-0.25, -0.2) is 4.57 Å². The summed E-state index contributed by atoms with van der Waals surface area (Å²) in [5.74, 6) is 0. The Hall–Kier alpha value is -2.14. The lowest BCUT2D eigenvalue weighted by atomic mass is 10.2. The average Bonchev–Trinajstić information content (AvgIpc) is 2.40. The van der Waals surface area contributed by atoms with Crippen LogP contribution in [0.3, 0.4) is 0 Å². The molecular weight excluding hydrogens is 278 g/mol. The predicted molar refractivity (Wildman–Crippen MR) is 73.2 cm³/mol. The van der Waals surface area contributed by atoms with Gasteiger partial charge in [0.05, 0.1) is 4.92 Å². The fraction of sp³-hybridized carbons (Fsp3) is 0.214. The molecule has 0 N–H and O–H groups in total. The van der Waals surface area contributed by atoms with Crippen LogP contribution in [0.15, 0.2) is 48.8 Å². The van der Waals surface area contributed by atoms with Crippen LogP contribution in [0.4, 0.5) is 11.4 Å². The van der Waals surface area contributed by atoms with Gasteiger partial charge in [-0.1, -0.05) is 0 Å². The Bertz CT molecular complexity index is 568. The van der Waals surface area contributed by atoms with Crippen LogP contribution >= 0.6 is 0 Å². The molecule has 1 heterocycles. The fourth-order valence-corrected chi connectivity index (χ4v) is 1.79. The van der Waals surface area contributed by atoms with Gasteiger partial charge < -0.3 is 17.3 Å². The molecule has 0 aliphatic carbocycles. The molecule has 0 bridgehead atoms. The van der Waals surface area contributed by atoms with Gasteiger partial charge in [0.2, 0.25) is 0 Å². The summed E-state index contributed by atoms with van der Waals surface area (Å²) < 4.78 is 2.04. The van der Waals surface area contributed by atoms with Gasteiger partial charge in [0.1, 0.15) is 0 Å². The van der Waals surface area contributed by atoms with Gasteiger partial charge in [-0.2, -0.15) is 0 Å². The lowest BCUT2D eigenvalue weighted by Gasteiger charge is -2.10. The van der Waals surface area contributed by atoms with E-state index in [1.807, 2.05) is 48.1 Å². The van der Waals surface area contributed by atoms with E-state index in [0.29, 0.717) is 6.54 Å². The second-order valence-corrected chi connectivity index (χ2v) is 4.55. The molecule has 0 aliphatic rings. The molecule has 1 aromatic carbocycles. The molecule has 0 amide bonds. The van der Waals surface area contributed by atoms with Crippen molar-refractivity contribution >= 4 is 11.4 Å². The predicted octanol–water partition coefficient (Wildman–Crippen LogP) is -0.999. The van der Waals surface area contributed by atoms with Crippen molar-refractivity contribution < 1.29 is 21.9 Å². The zero-order valence-electron chi connectivity index (χ0n) is 11.4. The Labute approximate surface area is 124 Å². The minimum Gasteiger partial charge on any atom is -1.00 e. The standard InChI is InChI=1S/C14H16N3O2.ClH/c1-15(2)13-7-9-16(10-8-13)11-12-3-5-14(6-4-12)17(18)19;/h3-10H,11H2,1-2H3;1H/q+1;/p-1. The Morgan fingerprint density at radius 3 is 2.10 bits per heavy atom.